The molecular weight excluding hydrogens is 259 g/mol. The molecule has 0 radical (unpaired) electrons. The van der Waals surface area contributed by atoms with Gasteiger partial charge in [-0.15, -0.1) is 0 Å². The molecule has 2 rings (SSSR count). The van der Waals surface area contributed by atoms with Crippen molar-refractivity contribution >= 4 is 21.6 Å². The van der Waals surface area contributed by atoms with Crippen LogP contribution >= 0.6 is 0 Å². The van der Waals surface area contributed by atoms with Gasteiger partial charge in [-0.3, -0.25) is 4.79 Å². The third kappa shape index (κ3) is 2.68. The van der Waals surface area contributed by atoms with E-state index in [0.717, 1.165) is 31.4 Å². The molecule has 0 heterocycles. The van der Waals surface area contributed by atoms with Crippen molar-refractivity contribution in [3.05, 3.63) is 24.0 Å². The van der Waals surface area contributed by atoms with Gasteiger partial charge >= 0.3 is 0 Å². The minimum atomic E-state index is -4.08. The molecule has 0 atom stereocenters. The van der Waals surface area contributed by atoms with Crippen LogP contribution in [0, 0.1) is 11.7 Å². The Hall–Kier alpha value is -1.47. The van der Waals surface area contributed by atoms with Gasteiger partial charge in [0.25, 0.3) is 0 Å². The molecule has 1 fully saturated rings. The molecule has 3 N–H and O–H groups in total. The quantitative estimate of drug-likeness (QED) is 0.866. The summed E-state index contributed by atoms with van der Waals surface area (Å²) in [5.74, 6) is -1.15. The van der Waals surface area contributed by atoms with Crippen LogP contribution in [0.4, 0.5) is 10.1 Å². The number of anilines is 1. The summed E-state index contributed by atoms with van der Waals surface area (Å²) < 4.78 is 35.5. The van der Waals surface area contributed by atoms with Crippen molar-refractivity contribution in [2.75, 3.05) is 5.32 Å². The van der Waals surface area contributed by atoms with Crippen molar-refractivity contribution in [2.24, 2.45) is 11.1 Å². The van der Waals surface area contributed by atoms with Crippen LogP contribution in [-0.4, -0.2) is 14.3 Å². The third-order valence-electron chi connectivity index (χ3n) is 2.98. The number of carbonyl (C=O) groups excluding carboxylic acids is 1. The van der Waals surface area contributed by atoms with Crippen LogP contribution in [0.2, 0.25) is 0 Å². The van der Waals surface area contributed by atoms with E-state index in [0.29, 0.717) is 0 Å². The molecule has 1 aliphatic carbocycles. The number of carbonyl (C=O) groups is 1. The van der Waals surface area contributed by atoms with Gasteiger partial charge in [-0.25, -0.2) is 17.9 Å². The maximum atomic E-state index is 13.5. The van der Waals surface area contributed by atoms with E-state index >= 15 is 0 Å². The van der Waals surface area contributed by atoms with E-state index in [4.69, 9.17) is 5.14 Å². The first kappa shape index (κ1) is 13.0. The molecule has 98 valence electrons. The second-order valence-corrected chi connectivity index (χ2v) is 5.84. The number of benzene rings is 1. The van der Waals surface area contributed by atoms with Crippen LogP contribution in [0.1, 0.15) is 19.3 Å². The number of nitrogens with one attached hydrogen (secondary N) is 1. The summed E-state index contributed by atoms with van der Waals surface area (Å²) in [6.45, 7) is 0. The van der Waals surface area contributed by atoms with Gasteiger partial charge < -0.3 is 5.32 Å². The Morgan fingerprint density at radius 2 is 2.06 bits per heavy atom. The zero-order chi connectivity index (χ0) is 13.3. The molecule has 5 nitrogen and oxygen atoms in total. The van der Waals surface area contributed by atoms with Crippen LogP contribution in [0.5, 0.6) is 0 Å². The monoisotopic (exact) mass is 272 g/mol. The highest BCUT2D eigenvalue weighted by Crippen LogP contribution is 2.28. The number of primary sulfonamides is 1. The molecule has 7 heteroatoms. The van der Waals surface area contributed by atoms with Crippen molar-refractivity contribution in [3.63, 3.8) is 0 Å². The predicted octanol–water partition coefficient (Wildman–Crippen LogP) is 1.21. The topological polar surface area (TPSA) is 89.3 Å². The molecule has 1 saturated carbocycles. The highest BCUT2D eigenvalue weighted by Gasteiger charge is 2.25. The van der Waals surface area contributed by atoms with Crippen LogP contribution < -0.4 is 10.5 Å². The van der Waals surface area contributed by atoms with Gasteiger partial charge in [0.05, 0.1) is 0 Å². The van der Waals surface area contributed by atoms with E-state index in [1.807, 2.05) is 0 Å². The molecule has 1 aliphatic rings. The molecule has 1 aromatic rings. The normalized spacial score (nSPS) is 16.1. The lowest BCUT2D eigenvalue weighted by Gasteiger charge is -2.24. The van der Waals surface area contributed by atoms with Crippen molar-refractivity contribution < 1.29 is 17.6 Å². The van der Waals surface area contributed by atoms with E-state index in [9.17, 15) is 17.6 Å². The summed E-state index contributed by atoms with van der Waals surface area (Å²) in [7, 11) is -4.08. The molecule has 0 saturated heterocycles. The SMILES string of the molecule is NS(=O)(=O)c1ccc(NC(=O)C2CCC2)cc1F. The Labute approximate surface area is 104 Å². The maximum absolute atomic E-state index is 13.5. The summed E-state index contributed by atoms with van der Waals surface area (Å²) in [4.78, 5) is 11.0. The number of amides is 1. The number of hydrogen-bond acceptors (Lipinski definition) is 3. The number of rotatable bonds is 3. The molecule has 0 unspecified atom stereocenters. The molecule has 0 aromatic heterocycles. The van der Waals surface area contributed by atoms with Gasteiger partial charge in [0.2, 0.25) is 15.9 Å². The summed E-state index contributed by atoms with van der Waals surface area (Å²) in [5, 5.41) is 7.38. The fourth-order valence-corrected chi connectivity index (χ4v) is 2.31. The number of nitrogens with two attached hydrogens (primary N) is 1. The molecule has 18 heavy (non-hydrogen) atoms. The predicted molar refractivity (Wildman–Crippen MR) is 63.7 cm³/mol. The first-order valence-electron chi connectivity index (χ1n) is 5.51. The van der Waals surface area contributed by atoms with Crippen LogP contribution in [0.15, 0.2) is 23.1 Å². The summed E-state index contributed by atoms with van der Waals surface area (Å²) in [6, 6.07) is 3.32. The second kappa shape index (κ2) is 4.66. The lowest BCUT2D eigenvalue weighted by atomic mass is 9.85. The lowest BCUT2D eigenvalue weighted by molar-refractivity contribution is -0.122. The van der Waals surface area contributed by atoms with E-state index in [1.54, 1.807) is 0 Å². The number of halogens is 1. The summed E-state index contributed by atoms with van der Waals surface area (Å²) in [5.41, 5.74) is 0.233. The largest absolute Gasteiger partial charge is 0.326 e. The van der Waals surface area contributed by atoms with Crippen LogP contribution in [-0.2, 0) is 14.8 Å². The van der Waals surface area contributed by atoms with Gasteiger partial charge in [0.1, 0.15) is 10.7 Å². The minimum Gasteiger partial charge on any atom is -0.326 e. The number of hydrogen-bond donors (Lipinski definition) is 2. The first-order chi connectivity index (χ1) is 8.38. The van der Waals surface area contributed by atoms with Crippen molar-refractivity contribution in [1.82, 2.24) is 0 Å². The fraction of sp³-hybridized carbons (Fsp3) is 0.364. The van der Waals surface area contributed by atoms with E-state index in [-0.39, 0.29) is 17.5 Å². The molecule has 0 aliphatic heterocycles. The highest BCUT2D eigenvalue weighted by molar-refractivity contribution is 7.89. The van der Waals surface area contributed by atoms with Crippen molar-refractivity contribution in [2.45, 2.75) is 24.2 Å². The fourth-order valence-electron chi connectivity index (χ4n) is 1.72. The zero-order valence-corrected chi connectivity index (χ0v) is 10.3. The van der Waals surface area contributed by atoms with Gasteiger partial charge in [0, 0.05) is 11.6 Å². The Kier molecular flexibility index (Phi) is 3.36. The number of sulfonamides is 1. The van der Waals surface area contributed by atoms with Gasteiger partial charge in [-0.1, -0.05) is 6.42 Å². The molecular formula is C11H13FN2O3S. The van der Waals surface area contributed by atoms with Crippen LogP contribution in [0.25, 0.3) is 0 Å². The highest BCUT2D eigenvalue weighted by atomic mass is 32.2. The maximum Gasteiger partial charge on any atom is 0.240 e. The third-order valence-corrected chi connectivity index (χ3v) is 3.93. The van der Waals surface area contributed by atoms with Crippen molar-refractivity contribution in [1.29, 1.82) is 0 Å². The average molecular weight is 272 g/mol. The smallest absolute Gasteiger partial charge is 0.240 e. The van der Waals surface area contributed by atoms with Gasteiger partial charge in [-0.05, 0) is 31.0 Å². The van der Waals surface area contributed by atoms with Gasteiger partial charge in [-0.2, -0.15) is 0 Å². The Balaban J connectivity index is 2.16. The molecule has 0 spiro atoms. The van der Waals surface area contributed by atoms with Gasteiger partial charge in [0.15, 0.2) is 0 Å². The summed E-state index contributed by atoms with van der Waals surface area (Å²) in [6.07, 6.45) is 2.70. The molecule has 0 bridgehead atoms. The van der Waals surface area contributed by atoms with E-state index in [2.05, 4.69) is 5.32 Å². The Morgan fingerprint density at radius 3 is 2.50 bits per heavy atom. The van der Waals surface area contributed by atoms with E-state index in [1.165, 1.54) is 6.07 Å². The van der Waals surface area contributed by atoms with E-state index < -0.39 is 20.7 Å². The van der Waals surface area contributed by atoms with Crippen LogP contribution in [0.3, 0.4) is 0 Å². The summed E-state index contributed by atoms with van der Waals surface area (Å²) >= 11 is 0. The molecule has 1 aromatic carbocycles. The Bertz CT molecular complexity index is 582. The average Bonchev–Trinajstić information content (AvgIpc) is 2.11. The zero-order valence-electron chi connectivity index (χ0n) is 9.52. The lowest BCUT2D eigenvalue weighted by Crippen LogP contribution is -2.28. The molecule has 1 amide bonds. The van der Waals surface area contributed by atoms with Crippen molar-refractivity contribution in [3.8, 4) is 0 Å². The Morgan fingerprint density at radius 1 is 1.39 bits per heavy atom. The minimum absolute atomic E-state index is 0.0222. The first-order valence-corrected chi connectivity index (χ1v) is 7.06. The standard InChI is InChI=1S/C11H13FN2O3S/c12-9-6-8(4-5-10(9)18(13,16)17)14-11(15)7-2-1-3-7/h4-7H,1-3H2,(H,14,15)(H2,13,16,17). The second-order valence-electron chi connectivity index (χ2n) is 4.31.